The molecule has 0 atom stereocenters. The molecule has 0 amide bonds. The van der Waals surface area contributed by atoms with Gasteiger partial charge in [0.2, 0.25) is 0 Å². The van der Waals surface area contributed by atoms with Crippen LogP contribution < -0.4 is 4.90 Å². The number of halogens is 1. The van der Waals surface area contributed by atoms with Crippen LogP contribution in [0.3, 0.4) is 0 Å². The fourth-order valence-corrected chi connectivity index (χ4v) is 2.35. The molecular weight excluding hydrogens is 208 g/mol. The van der Waals surface area contributed by atoms with Crippen molar-refractivity contribution >= 4 is 17.3 Å². The first-order chi connectivity index (χ1) is 7.42. The standard InChI is InChI=1S/C12H17ClN2/c13-9-11-5-6-14-10-12(11)15-7-3-1-2-4-8-15/h5-6,10H,1-4,7-9H2. The third kappa shape index (κ3) is 2.63. The van der Waals surface area contributed by atoms with Crippen molar-refractivity contribution in [1.29, 1.82) is 0 Å². The van der Waals surface area contributed by atoms with E-state index >= 15 is 0 Å². The van der Waals surface area contributed by atoms with Gasteiger partial charge in [-0.2, -0.15) is 0 Å². The van der Waals surface area contributed by atoms with Gasteiger partial charge in [-0.25, -0.2) is 0 Å². The van der Waals surface area contributed by atoms with E-state index in [-0.39, 0.29) is 0 Å². The predicted molar refractivity (Wildman–Crippen MR) is 64.5 cm³/mol. The van der Waals surface area contributed by atoms with Crippen LogP contribution in [-0.2, 0) is 5.88 Å². The smallest absolute Gasteiger partial charge is 0.0597 e. The van der Waals surface area contributed by atoms with Crippen LogP contribution >= 0.6 is 11.6 Å². The van der Waals surface area contributed by atoms with Crippen molar-refractivity contribution in [3.8, 4) is 0 Å². The summed E-state index contributed by atoms with van der Waals surface area (Å²) in [5.41, 5.74) is 2.43. The van der Waals surface area contributed by atoms with Gasteiger partial charge in [0, 0.05) is 25.2 Å². The molecule has 82 valence electrons. The fraction of sp³-hybridized carbons (Fsp3) is 0.583. The molecule has 0 saturated carbocycles. The summed E-state index contributed by atoms with van der Waals surface area (Å²) in [4.78, 5) is 6.63. The van der Waals surface area contributed by atoms with Gasteiger partial charge in [0.25, 0.3) is 0 Å². The lowest BCUT2D eigenvalue weighted by Crippen LogP contribution is -2.25. The molecule has 1 aliphatic rings. The maximum Gasteiger partial charge on any atom is 0.0597 e. The minimum absolute atomic E-state index is 0.578. The Hall–Kier alpha value is -0.760. The van der Waals surface area contributed by atoms with Crippen LogP contribution in [-0.4, -0.2) is 18.1 Å². The molecule has 1 fully saturated rings. The second kappa shape index (κ2) is 5.36. The Morgan fingerprint density at radius 1 is 1.20 bits per heavy atom. The zero-order valence-corrected chi connectivity index (χ0v) is 9.71. The molecule has 0 radical (unpaired) electrons. The van der Waals surface area contributed by atoms with Gasteiger partial charge < -0.3 is 4.90 Å². The average Bonchev–Trinajstić information content (AvgIpc) is 2.57. The summed E-state index contributed by atoms with van der Waals surface area (Å²) in [7, 11) is 0. The molecule has 0 aromatic carbocycles. The highest BCUT2D eigenvalue weighted by Crippen LogP contribution is 2.23. The summed E-state index contributed by atoms with van der Waals surface area (Å²) < 4.78 is 0. The lowest BCUT2D eigenvalue weighted by Gasteiger charge is -2.24. The molecule has 15 heavy (non-hydrogen) atoms. The Morgan fingerprint density at radius 3 is 2.60 bits per heavy atom. The quantitative estimate of drug-likeness (QED) is 0.718. The molecule has 0 unspecified atom stereocenters. The van der Waals surface area contributed by atoms with Gasteiger partial charge in [-0.1, -0.05) is 12.8 Å². The van der Waals surface area contributed by atoms with Crippen molar-refractivity contribution in [1.82, 2.24) is 4.98 Å². The highest BCUT2D eigenvalue weighted by molar-refractivity contribution is 6.17. The van der Waals surface area contributed by atoms with E-state index in [1.54, 1.807) is 0 Å². The second-order valence-electron chi connectivity index (χ2n) is 4.04. The first kappa shape index (κ1) is 10.7. The number of pyridine rings is 1. The minimum atomic E-state index is 0.578. The molecule has 0 spiro atoms. The van der Waals surface area contributed by atoms with Crippen molar-refractivity contribution in [2.75, 3.05) is 18.0 Å². The van der Waals surface area contributed by atoms with Gasteiger partial charge >= 0.3 is 0 Å². The molecule has 1 aromatic heterocycles. The van der Waals surface area contributed by atoms with E-state index in [9.17, 15) is 0 Å². The fourth-order valence-electron chi connectivity index (χ4n) is 2.12. The SMILES string of the molecule is ClCc1ccncc1N1CCCCCC1. The van der Waals surface area contributed by atoms with E-state index in [1.807, 2.05) is 18.5 Å². The lowest BCUT2D eigenvalue weighted by molar-refractivity contribution is 0.726. The number of hydrogen-bond donors (Lipinski definition) is 0. The molecule has 2 nitrogen and oxygen atoms in total. The normalized spacial score (nSPS) is 17.5. The number of hydrogen-bond acceptors (Lipinski definition) is 2. The van der Waals surface area contributed by atoms with Crippen LogP contribution in [0.15, 0.2) is 18.5 Å². The van der Waals surface area contributed by atoms with Crippen LogP contribution in [0.25, 0.3) is 0 Å². The second-order valence-corrected chi connectivity index (χ2v) is 4.31. The Labute approximate surface area is 96.3 Å². The molecule has 1 aliphatic heterocycles. The summed E-state index contributed by atoms with van der Waals surface area (Å²) in [6.45, 7) is 2.30. The molecular formula is C12H17ClN2. The van der Waals surface area contributed by atoms with Crippen molar-refractivity contribution in [2.24, 2.45) is 0 Å². The first-order valence-corrected chi connectivity index (χ1v) is 6.19. The van der Waals surface area contributed by atoms with Gasteiger partial charge in [0.1, 0.15) is 0 Å². The van der Waals surface area contributed by atoms with E-state index in [0.29, 0.717) is 5.88 Å². The van der Waals surface area contributed by atoms with Crippen LogP contribution in [0.1, 0.15) is 31.2 Å². The van der Waals surface area contributed by atoms with E-state index in [1.165, 1.54) is 36.9 Å². The summed E-state index contributed by atoms with van der Waals surface area (Å²) >= 11 is 5.94. The van der Waals surface area contributed by atoms with E-state index in [2.05, 4.69) is 9.88 Å². The molecule has 3 heteroatoms. The highest BCUT2D eigenvalue weighted by Gasteiger charge is 2.12. The summed E-state index contributed by atoms with van der Waals surface area (Å²) in [6.07, 6.45) is 9.05. The number of anilines is 1. The molecule has 2 rings (SSSR count). The Kier molecular flexibility index (Phi) is 3.84. The summed E-state index contributed by atoms with van der Waals surface area (Å²) in [5.74, 6) is 0.578. The van der Waals surface area contributed by atoms with Crippen molar-refractivity contribution in [2.45, 2.75) is 31.6 Å². The molecule has 1 aromatic rings. The van der Waals surface area contributed by atoms with Gasteiger partial charge in [0.15, 0.2) is 0 Å². The van der Waals surface area contributed by atoms with Crippen molar-refractivity contribution in [3.63, 3.8) is 0 Å². The maximum atomic E-state index is 5.94. The monoisotopic (exact) mass is 224 g/mol. The molecule has 0 N–H and O–H groups in total. The van der Waals surface area contributed by atoms with Gasteiger partial charge in [-0.3, -0.25) is 4.98 Å². The summed E-state index contributed by atoms with van der Waals surface area (Å²) in [5, 5.41) is 0. The largest absolute Gasteiger partial charge is 0.370 e. The first-order valence-electron chi connectivity index (χ1n) is 5.65. The van der Waals surface area contributed by atoms with Crippen LogP contribution in [0.5, 0.6) is 0 Å². The Morgan fingerprint density at radius 2 is 1.93 bits per heavy atom. The van der Waals surface area contributed by atoms with Crippen LogP contribution in [0, 0.1) is 0 Å². The van der Waals surface area contributed by atoms with E-state index in [0.717, 1.165) is 13.1 Å². The van der Waals surface area contributed by atoms with E-state index < -0.39 is 0 Å². The zero-order valence-electron chi connectivity index (χ0n) is 8.95. The molecule has 0 bridgehead atoms. The Bertz CT molecular complexity index is 306. The maximum absolute atomic E-state index is 5.94. The minimum Gasteiger partial charge on any atom is -0.370 e. The van der Waals surface area contributed by atoms with Gasteiger partial charge in [-0.15, -0.1) is 11.6 Å². The highest BCUT2D eigenvalue weighted by atomic mass is 35.5. The average molecular weight is 225 g/mol. The van der Waals surface area contributed by atoms with Gasteiger partial charge in [0.05, 0.1) is 11.9 Å². The molecule has 1 saturated heterocycles. The Balaban J connectivity index is 2.18. The van der Waals surface area contributed by atoms with Crippen molar-refractivity contribution < 1.29 is 0 Å². The topological polar surface area (TPSA) is 16.1 Å². The third-order valence-corrected chi connectivity index (χ3v) is 3.27. The van der Waals surface area contributed by atoms with E-state index in [4.69, 9.17) is 11.6 Å². The number of nitrogens with zero attached hydrogens (tertiary/aromatic N) is 2. The third-order valence-electron chi connectivity index (χ3n) is 2.98. The predicted octanol–water partition coefficient (Wildman–Crippen LogP) is 3.20. The van der Waals surface area contributed by atoms with Crippen molar-refractivity contribution in [3.05, 3.63) is 24.0 Å². The number of aromatic nitrogens is 1. The summed E-state index contributed by atoms with van der Waals surface area (Å²) in [6, 6.07) is 2.02. The zero-order chi connectivity index (χ0) is 10.5. The van der Waals surface area contributed by atoms with Crippen LogP contribution in [0.2, 0.25) is 0 Å². The number of alkyl halides is 1. The molecule has 2 heterocycles. The number of rotatable bonds is 2. The van der Waals surface area contributed by atoms with Gasteiger partial charge in [-0.05, 0) is 24.5 Å². The molecule has 0 aliphatic carbocycles. The lowest BCUT2D eigenvalue weighted by atomic mass is 10.2. The van der Waals surface area contributed by atoms with Crippen LogP contribution in [0.4, 0.5) is 5.69 Å².